The van der Waals surface area contributed by atoms with Crippen molar-refractivity contribution in [2.45, 2.75) is 91.1 Å². The molecule has 8 nitrogen and oxygen atoms in total. The maximum Gasteiger partial charge on any atom is 0.330 e. The van der Waals surface area contributed by atoms with Gasteiger partial charge in [-0.3, -0.25) is 4.57 Å². The highest BCUT2D eigenvalue weighted by molar-refractivity contribution is 7.53. The van der Waals surface area contributed by atoms with E-state index in [2.05, 4.69) is 38.4 Å². The Morgan fingerprint density at radius 1 is 1.23 bits per heavy atom. The molecule has 0 bridgehead atoms. The predicted octanol–water partition coefficient (Wildman–Crippen LogP) is 4.05. The number of ether oxygens (including phenoxy) is 1. The quantitative estimate of drug-likeness (QED) is 0.204. The standard InChI is InChI=1S/C19H39BN2O6P2/c1-7-25-30(23,26-8-2)13-10-17-14-18(19(20)27-17)28-29(24-12-9-11-21)22(15(3)4)16(5)6/h15-19H,7-10,12-14,20H2,1-6H3/t17-,18+,19-,29?/m1/s1. The van der Waals surface area contributed by atoms with Crippen LogP contribution < -0.4 is 0 Å². The van der Waals surface area contributed by atoms with Crippen LogP contribution in [-0.2, 0) is 27.4 Å². The smallest absolute Gasteiger partial charge is 0.330 e. The molecule has 11 heteroatoms. The second-order valence-electron chi connectivity index (χ2n) is 7.85. The monoisotopic (exact) mass is 464 g/mol. The van der Waals surface area contributed by atoms with E-state index in [1.54, 1.807) is 0 Å². The van der Waals surface area contributed by atoms with Crippen molar-refractivity contribution in [3.63, 3.8) is 0 Å². The molecule has 0 aromatic carbocycles. The Bertz CT molecular complexity index is 560. The number of rotatable bonds is 15. The lowest BCUT2D eigenvalue weighted by Crippen LogP contribution is -2.36. The number of nitrogens with zero attached hydrogens (tertiary/aromatic N) is 2. The lowest BCUT2D eigenvalue weighted by molar-refractivity contribution is 0.0574. The molecule has 1 rings (SSSR count). The van der Waals surface area contributed by atoms with Crippen molar-refractivity contribution >= 4 is 24.0 Å². The van der Waals surface area contributed by atoms with Crippen molar-refractivity contribution in [2.24, 2.45) is 0 Å². The summed E-state index contributed by atoms with van der Waals surface area (Å²) in [5.74, 6) is 0. The Morgan fingerprint density at radius 2 is 1.83 bits per heavy atom. The highest BCUT2D eigenvalue weighted by Gasteiger charge is 2.39. The molecule has 0 aromatic heterocycles. The molecule has 0 radical (unpaired) electrons. The largest absolute Gasteiger partial charge is 0.381 e. The van der Waals surface area contributed by atoms with Crippen molar-refractivity contribution in [2.75, 3.05) is 26.0 Å². The molecule has 30 heavy (non-hydrogen) atoms. The fourth-order valence-corrected chi connectivity index (χ4v) is 7.00. The minimum atomic E-state index is -3.08. The molecular formula is C19H39BN2O6P2. The SMILES string of the molecule is B[C@@H]1O[C@H](CCP(=O)(OCC)OCC)C[C@@H]1OP(OCCC#N)N(C(C)C)C(C)C. The van der Waals surface area contributed by atoms with Crippen LogP contribution in [0.15, 0.2) is 0 Å². The summed E-state index contributed by atoms with van der Waals surface area (Å²) < 4.78 is 44.2. The average molecular weight is 464 g/mol. The summed E-state index contributed by atoms with van der Waals surface area (Å²) in [5, 5.41) is 8.86. The van der Waals surface area contributed by atoms with E-state index >= 15 is 0 Å². The summed E-state index contributed by atoms with van der Waals surface area (Å²) in [6.07, 6.45) is 1.76. The van der Waals surface area contributed by atoms with Gasteiger partial charge in [0.1, 0.15) is 7.85 Å². The highest BCUT2D eigenvalue weighted by Crippen LogP contribution is 2.51. The third-order valence-corrected chi connectivity index (χ3v) is 8.95. The topological polar surface area (TPSA) is 90.3 Å². The van der Waals surface area contributed by atoms with Gasteiger partial charge in [0.2, 0.25) is 0 Å². The summed E-state index contributed by atoms with van der Waals surface area (Å²) in [6.45, 7) is 13.1. The first-order valence-corrected chi connectivity index (χ1v) is 13.8. The van der Waals surface area contributed by atoms with Crippen LogP contribution in [-0.4, -0.2) is 68.8 Å². The van der Waals surface area contributed by atoms with Crippen LogP contribution in [0.4, 0.5) is 0 Å². The zero-order valence-electron chi connectivity index (χ0n) is 19.6. The molecule has 174 valence electrons. The molecule has 1 heterocycles. The summed E-state index contributed by atoms with van der Waals surface area (Å²) in [4.78, 5) is 0. The molecule has 1 fully saturated rings. The third-order valence-electron chi connectivity index (χ3n) is 4.69. The zero-order valence-corrected chi connectivity index (χ0v) is 21.4. The average Bonchev–Trinajstić information content (AvgIpc) is 3.00. The van der Waals surface area contributed by atoms with Gasteiger partial charge in [0, 0.05) is 18.5 Å². The van der Waals surface area contributed by atoms with Crippen LogP contribution in [0.5, 0.6) is 0 Å². The van der Waals surface area contributed by atoms with Crippen LogP contribution in [0.25, 0.3) is 0 Å². The van der Waals surface area contributed by atoms with E-state index in [9.17, 15) is 4.57 Å². The van der Waals surface area contributed by atoms with Crippen LogP contribution in [0.1, 0.15) is 60.8 Å². The minimum Gasteiger partial charge on any atom is -0.381 e. The van der Waals surface area contributed by atoms with Crippen molar-refractivity contribution in [1.82, 2.24) is 4.67 Å². The Labute approximate surface area is 184 Å². The van der Waals surface area contributed by atoms with E-state index in [1.165, 1.54) is 0 Å². The normalized spacial score (nSPS) is 23.4. The molecular weight excluding hydrogens is 425 g/mol. The Morgan fingerprint density at radius 3 is 2.33 bits per heavy atom. The first kappa shape index (κ1) is 28.0. The molecule has 0 aliphatic carbocycles. The highest BCUT2D eigenvalue weighted by atomic mass is 31.2. The van der Waals surface area contributed by atoms with Crippen molar-refractivity contribution < 1.29 is 27.4 Å². The second kappa shape index (κ2) is 14.2. The van der Waals surface area contributed by atoms with E-state index in [4.69, 9.17) is 28.1 Å². The maximum absolute atomic E-state index is 12.7. The van der Waals surface area contributed by atoms with Gasteiger partial charge in [-0.1, -0.05) is 0 Å². The lowest BCUT2D eigenvalue weighted by Gasteiger charge is -2.37. The Balaban J connectivity index is 2.75. The number of hydrogen-bond acceptors (Lipinski definition) is 8. The summed E-state index contributed by atoms with van der Waals surface area (Å²) >= 11 is 0. The van der Waals surface area contributed by atoms with Crippen molar-refractivity contribution in [3.05, 3.63) is 0 Å². The summed E-state index contributed by atoms with van der Waals surface area (Å²) in [6, 6.07) is 2.51. The Hall–Kier alpha value is -0.0251. The molecule has 4 atom stereocenters. The van der Waals surface area contributed by atoms with E-state index in [0.717, 1.165) is 0 Å². The van der Waals surface area contributed by atoms with E-state index < -0.39 is 16.1 Å². The third kappa shape index (κ3) is 9.22. The van der Waals surface area contributed by atoms with Crippen LogP contribution in [0.3, 0.4) is 0 Å². The number of hydrogen-bond donors (Lipinski definition) is 0. The molecule has 0 saturated carbocycles. The summed E-state index contributed by atoms with van der Waals surface area (Å²) in [7, 11) is -2.40. The molecule has 1 aliphatic rings. The van der Waals surface area contributed by atoms with Crippen LogP contribution in [0.2, 0.25) is 0 Å². The fraction of sp³-hybridized carbons (Fsp3) is 0.947. The van der Waals surface area contributed by atoms with Gasteiger partial charge in [0.25, 0.3) is 8.53 Å². The van der Waals surface area contributed by atoms with E-state index in [1.807, 2.05) is 21.7 Å². The Kier molecular flexibility index (Phi) is 13.2. The van der Waals surface area contributed by atoms with Gasteiger partial charge in [0.05, 0.1) is 56.7 Å². The van der Waals surface area contributed by atoms with Gasteiger partial charge in [0.15, 0.2) is 0 Å². The predicted molar refractivity (Wildman–Crippen MR) is 122 cm³/mol. The maximum atomic E-state index is 12.7. The molecule has 0 N–H and O–H groups in total. The molecule has 1 saturated heterocycles. The second-order valence-corrected chi connectivity index (χ2v) is 11.4. The van der Waals surface area contributed by atoms with Crippen molar-refractivity contribution in [3.8, 4) is 6.07 Å². The lowest BCUT2D eigenvalue weighted by atomic mass is 9.94. The molecule has 0 spiro atoms. The fourth-order valence-electron chi connectivity index (χ4n) is 3.48. The van der Waals surface area contributed by atoms with Gasteiger partial charge in [-0.15, -0.1) is 0 Å². The first-order valence-electron chi connectivity index (χ1n) is 11.0. The van der Waals surface area contributed by atoms with E-state index in [-0.39, 0.29) is 30.3 Å². The van der Waals surface area contributed by atoms with Crippen LogP contribution in [0, 0.1) is 11.3 Å². The van der Waals surface area contributed by atoms with E-state index in [0.29, 0.717) is 45.2 Å². The molecule has 1 aliphatic heterocycles. The first-order chi connectivity index (χ1) is 14.2. The van der Waals surface area contributed by atoms with Gasteiger partial charge >= 0.3 is 7.60 Å². The summed E-state index contributed by atoms with van der Waals surface area (Å²) in [5.41, 5.74) is 0. The van der Waals surface area contributed by atoms with Gasteiger partial charge < -0.3 is 22.8 Å². The van der Waals surface area contributed by atoms with Crippen LogP contribution >= 0.6 is 16.1 Å². The van der Waals surface area contributed by atoms with Gasteiger partial charge in [-0.2, -0.15) is 5.26 Å². The zero-order chi connectivity index (χ0) is 22.7. The van der Waals surface area contributed by atoms with Crippen molar-refractivity contribution in [1.29, 1.82) is 5.26 Å². The van der Waals surface area contributed by atoms with Gasteiger partial charge in [-0.25, -0.2) is 4.67 Å². The van der Waals surface area contributed by atoms with Gasteiger partial charge in [-0.05, 0) is 48.0 Å². The molecule has 0 amide bonds. The minimum absolute atomic E-state index is 0.0678. The molecule has 1 unspecified atom stereocenters. The molecule has 0 aromatic rings. The number of nitriles is 1.